The van der Waals surface area contributed by atoms with Gasteiger partial charge in [-0.3, -0.25) is 4.79 Å². The maximum Gasteiger partial charge on any atom is 0.279 e. The Labute approximate surface area is 213 Å². The van der Waals surface area contributed by atoms with Crippen LogP contribution in [-0.4, -0.2) is 43.5 Å². The first-order valence-corrected chi connectivity index (χ1v) is 13.7. The van der Waals surface area contributed by atoms with Gasteiger partial charge in [-0.15, -0.1) is 0 Å². The third-order valence-corrected chi connectivity index (χ3v) is 8.78. The Hall–Kier alpha value is -3.47. The molecule has 5 rings (SSSR count). The standard InChI is InChI=1S/C26H25N3O5S2/c1-3-29-21-15-22-23(34-14-13-33-22)16-24(21)35-26(29)27-25(30)19-9-11-20(12-10-19)36(31,32)28(2)17-18-7-5-4-6-8-18/h4-12,15-16H,3,13-14,17H2,1-2H3. The lowest BCUT2D eigenvalue weighted by molar-refractivity contribution is 0.0997. The summed E-state index contributed by atoms with van der Waals surface area (Å²) in [7, 11) is -2.17. The maximum atomic E-state index is 13.0. The molecule has 0 aliphatic carbocycles. The lowest BCUT2D eigenvalue weighted by atomic mass is 10.2. The molecule has 0 saturated heterocycles. The molecule has 1 aliphatic heterocycles. The Bertz CT molecular complexity index is 1590. The monoisotopic (exact) mass is 523 g/mol. The zero-order chi connectivity index (χ0) is 25.3. The summed E-state index contributed by atoms with van der Waals surface area (Å²) in [5.74, 6) is 0.924. The summed E-state index contributed by atoms with van der Waals surface area (Å²) in [4.78, 5) is 18.0. The fraction of sp³-hybridized carbons (Fsp3) is 0.231. The van der Waals surface area contributed by atoms with Gasteiger partial charge in [-0.2, -0.15) is 9.30 Å². The van der Waals surface area contributed by atoms with Crippen molar-refractivity contribution in [3.8, 4) is 11.5 Å². The third-order valence-electron chi connectivity index (χ3n) is 5.92. The summed E-state index contributed by atoms with van der Waals surface area (Å²) in [6.07, 6.45) is 0. The Morgan fingerprint density at radius 1 is 1.03 bits per heavy atom. The number of sulfonamides is 1. The average Bonchev–Trinajstić information content (AvgIpc) is 3.23. The molecule has 0 spiro atoms. The molecule has 186 valence electrons. The van der Waals surface area contributed by atoms with Crippen LogP contribution in [0.4, 0.5) is 0 Å². The summed E-state index contributed by atoms with van der Waals surface area (Å²) < 4.78 is 41.5. The summed E-state index contributed by atoms with van der Waals surface area (Å²) in [5.41, 5.74) is 2.12. The molecule has 8 nitrogen and oxygen atoms in total. The van der Waals surface area contributed by atoms with Gasteiger partial charge in [-0.05, 0) is 36.8 Å². The number of benzene rings is 3. The van der Waals surface area contributed by atoms with Crippen LogP contribution in [0, 0.1) is 0 Å². The van der Waals surface area contributed by atoms with E-state index in [1.54, 1.807) is 0 Å². The van der Waals surface area contributed by atoms with E-state index >= 15 is 0 Å². The normalized spacial score (nSPS) is 13.9. The zero-order valence-corrected chi connectivity index (χ0v) is 21.5. The number of amides is 1. The van der Waals surface area contributed by atoms with E-state index in [2.05, 4.69) is 4.99 Å². The molecule has 0 radical (unpaired) electrons. The predicted molar refractivity (Wildman–Crippen MR) is 138 cm³/mol. The number of carbonyl (C=O) groups excluding carboxylic acids is 1. The minimum Gasteiger partial charge on any atom is -0.486 e. The van der Waals surface area contributed by atoms with Crippen molar-refractivity contribution in [3.05, 3.63) is 82.7 Å². The van der Waals surface area contributed by atoms with Crippen LogP contribution < -0.4 is 14.3 Å². The van der Waals surface area contributed by atoms with Crippen molar-refractivity contribution in [2.75, 3.05) is 20.3 Å². The van der Waals surface area contributed by atoms with Gasteiger partial charge in [0.15, 0.2) is 16.3 Å². The summed E-state index contributed by atoms with van der Waals surface area (Å²) in [6.45, 7) is 3.86. The fourth-order valence-electron chi connectivity index (χ4n) is 4.02. The minimum atomic E-state index is -3.71. The summed E-state index contributed by atoms with van der Waals surface area (Å²) in [6, 6.07) is 19.1. The van der Waals surface area contributed by atoms with E-state index in [9.17, 15) is 13.2 Å². The van der Waals surface area contributed by atoms with Crippen LogP contribution in [0.1, 0.15) is 22.8 Å². The van der Waals surface area contributed by atoms with E-state index in [-0.39, 0.29) is 11.4 Å². The van der Waals surface area contributed by atoms with Crippen LogP contribution in [0.2, 0.25) is 0 Å². The molecule has 10 heteroatoms. The number of nitrogens with zero attached hydrogens (tertiary/aromatic N) is 3. The van der Waals surface area contributed by atoms with Crippen molar-refractivity contribution < 1.29 is 22.7 Å². The number of hydrogen-bond acceptors (Lipinski definition) is 6. The van der Waals surface area contributed by atoms with E-state index < -0.39 is 15.9 Å². The SMILES string of the molecule is CCn1c(=NC(=O)c2ccc(S(=O)(=O)N(C)Cc3ccccc3)cc2)sc2cc3c(cc21)OCCO3. The number of aromatic nitrogens is 1. The smallest absolute Gasteiger partial charge is 0.279 e. The quantitative estimate of drug-likeness (QED) is 0.380. The molecule has 0 bridgehead atoms. The van der Waals surface area contributed by atoms with Crippen LogP contribution in [0.3, 0.4) is 0 Å². The predicted octanol–water partition coefficient (Wildman–Crippen LogP) is 4.06. The van der Waals surface area contributed by atoms with Crippen molar-refractivity contribution in [1.29, 1.82) is 0 Å². The largest absolute Gasteiger partial charge is 0.486 e. The van der Waals surface area contributed by atoms with E-state index in [1.165, 1.54) is 47.0 Å². The lowest BCUT2D eigenvalue weighted by Crippen LogP contribution is -2.26. The highest BCUT2D eigenvalue weighted by molar-refractivity contribution is 7.89. The second-order valence-electron chi connectivity index (χ2n) is 8.28. The molecule has 1 aromatic heterocycles. The number of aryl methyl sites for hydroxylation is 1. The number of hydrogen-bond donors (Lipinski definition) is 0. The maximum absolute atomic E-state index is 13.0. The summed E-state index contributed by atoms with van der Waals surface area (Å²) in [5, 5.41) is 0. The topological polar surface area (TPSA) is 90.2 Å². The van der Waals surface area contributed by atoms with Crippen molar-refractivity contribution in [2.45, 2.75) is 24.9 Å². The first kappa shape index (κ1) is 24.2. The highest BCUT2D eigenvalue weighted by atomic mass is 32.2. The highest BCUT2D eigenvalue weighted by Crippen LogP contribution is 2.35. The van der Waals surface area contributed by atoms with Crippen LogP contribution in [0.15, 0.2) is 76.6 Å². The van der Waals surface area contributed by atoms with E-state index in [4.69, 9.17) is 9.47 Å². The number of ether oxygens (including phenoxy) is 2. The van der Waals surface area contributed by atoms with Gasteiger partial charge in [0.05, 0.1) is 15.1 Å². The van der Waals surface area contributed by atoms with Crippen molar-refractivity contribution >= 4 is 37.5 Å². The van der Waals surface area contributed by atoms with Gasteiger partial charge >= 0.3 is 0 Å². The van der Waals surface area contributed by atoms with Crippen molar-refractivity contribution in [3.63, 3.8) is 0 Å². The van der Waals surface area contributed by atoms with Crippen molar-refractivity contribution in [1.82, 2.24) is 8.87 Å². The first-order valence-electron chi connectivity index (χ1n) is 11.5. The van der Waals surface area contributed by atoms with Gasteiger partial charge in [0.1, 0.15) is 13.2 Å². The second-order valence-corrected chi connectivity index (χ2v) is 11.3. The van der Waals surface area contributed by atoms with Gasteiger partial charge in [-0.1, -0.05) is 41.7 Å². The van der Waals surface area contributed by atoms with Crippen LogP contribution in [0.25, 0.3) is 10.2 Å². The average molecular weight is 524 g/mol. The lowest BCUT2D eigenvalue weighted by Gasteiger charge is -2.18. The molecule has 0 fully saturated rings. The third kappa shape index (κ3) is 4.67. The molecule has 0 saturated carbocycles. The number of thiazole rings is 1. The van der Waals surface area contributed by atoms with Crippen LogP contribution >= 0.6 is 11.3 Å². The molecule has 2 heterocycles. The number of rotatable bonds is 6. The molecule has 1 amide bonds. The van der Waals surface area contributed by atoms with Gasteiger partial charge in [0, 0.05) is 37.8 Å². The van der Waals surface area contributed by atoms with E-state index in [0.717, 1.165) is 15.8 Å². The highest BCUT2D eigenvalue weighted by Gasteiger charge is 2.21. The molecule has 4 aromatic rings. The second kappa shape index (κ2) is 9.88. The minimum absolute atomic E-state index is 0.119. The van der Waals surface area contributed by atoms with Crippen LogP contribution in [0.5, 0.6) is 11.5 Å². The Morgan fingerprint density at radius 2 is 1.69 bits per heavy atom. The number of fused-ring (bicyclic) bond motifs is 2. The first-order chi connectivity index (χ1) is 17.4. The van der Waals surface area contributed by atoms with Crippen LogP contribution in [-0.2, 0) is 23.1 Å². The van der Waals surface area contributed by atoms with E-state index in [0.29, 0.717) is 41.6 Å². The molecule has 0 unspecified atom stereocenters. The Morgan fingerprint density at radius 3 is 2.36 bits per heavy atom. The molecule has 3 aromatic carbocycles. The zero-order valence-electron chi connectivity index (χ0n) is 19.9. The van der Waals surface area contributed by atoms with E-state index in [1.807, 2.05) is 54.0 Å². The van der Waals surface area contributed by atoms with Gasteiger partial charge in [0.25, 0.3) is 5.91 Å². The molecule has 1 aliphatic rings. The van der Waals surface area contributed by atoms with Crippen molar-refractivity contribution in [2.24, 2.45) is 4.99 Å². The molecule has 0 N–H and O–H groups in total. The molecular weight excluding hydrogens is 498 g/mol. The fourth-order valence-corrected chi connectivity index (χ4v) is 6.29. The molecular formula is C26H25N3O5S2. The molecule has 36 heavy (non-hydrogen) atoms. The Kier molecular flexibility index (Phi) is 6.65. The molecule has 0 atom stereocenters. The Balaban J connectivity index is 1.41. The summed E-state index contributed by atoms with van der Waals surface area (Å²) >= 11 is 1.39. The van der Waals surface area contributed by atoms with Gasteiger partial charge in [0.2, 0.25) is 10.0 Å². The van der Waals surface area contributed by atoms with Gasteiger partial charge < -0.3 is 14.0 Å². The van der Waals surface area contributed by atoms with Gasteiger partial charge in [-0.25, -0.2) is 8.42 Å². The number of carbonyl (C=O) groups is 1.